The number of hydrogen-bond acceptors (Lipinski definition) is 13. The van der Waals surface area contributed by atoms with Crippen LogP contribution < -0.4 is 9.47 Å². The van der Waals surface area contributed by atoms with E-state index in [1.54, 1.807) is 11.0 Å². The molecule has 6 atom stereocenters. The number of rotatable bonds is 28. The van der Waals surface area contributed by atoms with Gasteiger partial charge in [0, 0.05) is 43.4 Å². The monoisotopic (exact) mass is 947 g/mol. The average molecular weight is 948 g/mol. The molecule has 14 heteroatoms. The fourth-order valence-corrected chi connectivity index (χ4v) is 10.1. The molecule has 69 heavy (non-hydrogen) atoms. The van der Waals surface area contributed by atoms with Crippen LogP contribution in [0.1, 0.15) is 78.9 Å². The first-order chi connectivity index (χ1) is 33.9. The van der Waals surface area contributed by atoms with Gasteiger partial charge in [-0.3, -0.25) is 9.88 Å². The summed E-state index contributed by atoms with van der Waals surface area (Å²) in [5.74, 6) is -1.05. The molecule has 0 bridgehead atoms. The van der Waals surface area contributed by atoms with Crippen molar-refractivity contribution in [3.63, 3.8) is 0 Å². The number of fused-ring (bicyclic) bond motifs is 2. The van der Waals surface area contributed by atoms with Crippen LogP contribution in [0.15, 0.2) is 127 Å². The molecule has 2 heterocycles. The molecule has 0 spiro atoms. The van der Waals surface area contributed by atoms with E-state index in [4.69, 9.17) is 38.4 Å². The number of benzene rings is 3. The number of carbonyl (C=O) groups excluding carboxylic acids is 1. The molecule has 3 aliphatic rings. The second-order valence-corrected chi connectivity index (χ2v) is 17.8. The van der Waals surface area contributed by atoms with Crippen LogP contribution in [0.3, 0.4) is 0 Å². The molecule has 1 fully saturated rings. The summed E-state index contributed by atoms with van der Waals surface area (Å²) >= 11 is 0. The number of nitrogens with zero attached hydrogens (tertiary/aromatic N) is 3. The van der Waals surface area contributed by atoms with Crippen molar-refractivity contribution in [2.75, 3.05) is 59.4 Å². The normalized spacial score (nSPS) is 21.9. The zero-order valence-corrected chi connectivity index (χ0v) is 39.9. The maximum absolute atomic E-state index is 14.8. The number of aliphatic hydroxyl groups is 3. The van der Waals surface area contributed by atoms with Gasteiger partial charge in [-0.1, -0.05) is 96.9 Å². The molecular formula is C55H69N3O11. The van der Waals surface area contributed by atoms with Gasteiger partial charge in [0.05, 0.1) is 57.0 Å². The molecule has 0 saturated heterocycles. The summed E-state index contributed by atoms with van der Waals surface area (Å²) in [5.41, 5.74) is 6.14. The molecule has 370 valence electrons. The minimum atomic E-state index is -1.52. The fourth-order valence-electron chi connectivity index (χ4n) is 10.1. The van der Waals surface area contributed by atoms with E-state index in [9.17, 15) is 20.1 Å². The largest absolute Gasteiger partial charge is 0.487 e. The van der Waals surface area contributed by atoms with Crippen LogP contribution in [0.2, 0.25) is 0 Å². The predicted octanol–water partition coefficient (Wildman–Crippen LogP) is 8.47. The Kier molecular flexibility index (Phi) is 19.6. The van der Waals surface area contributed by atoms with E-state index in [1.165, 1.54) is 0 Å². The van der Waals surface area contributed by atoms with E-state index in [1.807, 2.05) is 97.9 Å². The SMILES string of the molecule is C=CCOC12Oc3ccc(OCc4cccc(C)n4)cc3C3C(CCCCO)C(CCCCO)C=C(C(=NOCc4ccccc4)CC1N(CCOCCO)C(=O)OCCOCc1ccccc1)C32. The molecule has 0 radical (unpaired) electrons. The van der Waals surface area contributed by atoms with E-state index >= 15 is 0 Å². The third-order valence-corrected chi connectivity index (χ3v) is 13.1. The van der Waals surface area contributed by atoms with Crippen molar-refractivity contribution >= 4 is 11.8 Å². The van der Waals surface area contributed by atoms with Crippen LogP contribution in [0, 0.1) is 24.7 Å². The number of hydrogen-bond donors (Lipinski definition) is 3. The van der Waals surface area contributed by atoms with Crippen molar-refractivity contribution in [2.45, 2.75) is 89.4 Å². The van der Waals surface area contributed by atoms with Crippen LogP contribution in [-0.2, 0) is 43.6 Å². The van der Waals surface area contributed by atoms with Crippen LogP contribution >= 0.6 is 0 Å². The van der Waals surface area contributed by atoms with Gasteiger partial charge >= 0.3 is 6.09 Å². The third-order valence-electron chi connectivity index (χ3n) is 13.1. The highest BCUT2D eigenvalue weighted by Gasteiger charge is 2.65. The summed E-state index contributed by atoms with van der Waals surface area (Å²) in [6, 6.07) is 30.5. The Morgan fingerprint density at radius 2 is 1.59 bits per heavy atom. The highest BCUT2D eigenvalue weighted by atomic mass is 16.7. The molecule has 3 aromatic carbocycles. The third kappa shape index (κ3) is 13.4. The Balaban J connectivity index is 1.35. The van der Waals surface area contributed by atoms with Gasteiger partial charge in [-0.25, -0.2) is 4.79 Å². The Hall–Kier alpha value is -5.61. The number of pyridine rings is 1. The maximum Gasteiger partial charge on any atom is 0.410 e. The van der Waals surface area contributed by atoms with Gasteiger partial charge in [0.15, 0.2) is 0 Å². The Morgan fingerprint density at radius 3 is 2.32 bits per heavy atom. The molecule has 1 saturated carbocycles. The summed E-state index contributed by atoms with van der Waals surface area (Å²) < 4.78 is 38.8. The van der Waals surface area contributed by atoms with E-state index in [0.29, 0.717) is 36.7 Å². The van der Waals surface area contributed by atoms with Gasteiger partial charge < -0.3 is 48.6 Å². The molecule has 14 nitrogen and oxygen atoms in total. The summed E-state index contributed by atoms with van der Waals surface area (Å²) in [7, 11) is 0. The summed E-state index contributed by atoms with van der Waals surface area (Å²) in [4.78, 5) is 27.3. The first-order valence-corrected chi connectivity index (χ1v) is 24.4. The number of allylic oxidation sites excluding steroid dienone is 1. The lowest BCUT2D eigenvalue weighted by Gasteiger charge is -2.59. The zero-order chi connectivity index (χ0) is 48.3. The zero-order valence-electron chi connectivity index (χ0n) is 39.9. The van der Waals surface area contributed by atoms with Gasteiger partial charge in [-0.05, 0) is 91.5 Å². The average Bonchev–Trinajstić information content (AvgIpc) is 3.37. The van der Waals surface area contributed by atoms with Crippen LogP contribution in [0.25, 0.3) is 0 Å². The van der Waals surface area contributed by atoms with Crippen LogP contribution in [0.5, 0.6) is 11.5 Å². The number of carbonyl (C=O) groups is 1. The van der Waals surface area contributed by atoms with Crippen molar-refractivity contribution in [2.24, 2.45) is 22.9 Å². The van der Waals surface area contributed by atoms with Gasteiger partial charge in [-0.2, -0.15) is 0 Å². The summed E-state index contributed by atoms with van der Waals surface area (Å²) in [5, 5.41) is 34.6. The predicted molar refractivity (Wildman–Crippen MR) is 262 cm³/mol. The lowest BCUT2D eigenvalue weighted by atomic mass is 9.55. The first-order valence-electron chi connectivity index (χ1n) is 24.4. The van der Waals surface area contributed by atoms with Gasteiger partial charge in [-0.15, -0.1) is 6.58 Å². The molecule has 1 aliphatic heterocycles. The number of aliphatic hydroxyl groups excluding tert-OH is 3. The Labute approximate surface area is 406 Å². The number of oxime groups is 1. The van der Waals surface area contributed by atoms with E-state index < -0.39 is 23.8 Å². The number of aromatic nitrogens is 1. The molecule has 3 N–H and O–H groups in total. The number of unbranched alkanes of at least 4 members (excludes halogenated alkanes) is 2. The smallest absolute Gasteiger partial charge is 0.410 e. The molecule has 1 amide bonds. The lowest BCUT2D eigenvalue weighted by Crippen LogP contribution is -2.70. The van der Waals surface area contributed by atoms with Gasteiger partial charge in [0.1, 0.15) is 37.4 Å². The number of amides is 1. The lowest BCUT2D eigenvalue weighted by molar-refractivity contribution is -0.256. The van der Waals surface area contributed by atoms with Crippen molar-refractivity contribution < 1.29 is 53.4 Å². The molecule has 7 rings (SSSR count). The molecule has 6 unspecified atom stereocenters. The second-order valence-electron chi connectivity index (χ2n) is 17.8. The fraction of sp³-hybridized carbons (Fsp3) is 0.473. The van der Waals surface area contributed by atoms with Crippen molar-refractivity contribution in [1.29, 1.82) is 0 Å². The topological polar surface area (TPSA) is 171 Å². The minimum Gasteiger partial charge on any atom is -0.487 e. The quantitative estimate of drug-likeness (QED) is 0.0282. The summed E-state index contributed by atoms with van der Waals surface area (Å²) in [6.07, 6.45) is 7.98. The van der Waals surface area contributed by atoms with Crippen molar-refractivity contribution in [1.82, 2.24) is 9.88 Å². The molecule has 4 aromatic rings. The van der Waals surface area contributed by atoms with Crippen molar-refractivity contribution in [3.8, 4) is 11.5 Å². The molecule has 2 aliphatic carbocycles. The van der Waals surface area contributed by atoms with Crippen LogP contribution in [-0.4, -0.2) is 108 Å². The maximum atomic E-state index is 14.8. The van der Waals surface area contributed by atoms with Crippen molar-refractivity contribution in [3.05, 3.63) is 149 Å². The van der Waals surface area contributed by atoms with Gasteiger partial charge in [0.2, 0.25) is 5.79 Å². The van der Waals surface area contributed by atoms with Gasteiger partial charge in [0.25, 0.3) is 0 Å². The standard InChI is InChI=1S/C55H69N3O11/c1-3-29-67-55-51(58(25-30-63-31-28-61)54(62)65-33-32-64-37-41-16-6-4-7-17-41)36-49(57-68-38-42-18-8-5-9-19-42)47-34-43(20-10-12-26-59)46(22-11-13-27-60)52(53(47)55)48-35-45(23-24-50(48)69-55)66-39-44-21-14-15-40(2)56-44/h3-9,14-19,21,23-24,34-35,43,46,51-53,59-61H,1,10-13,20,22,25-33,36-39H2,2H3. The van der Waals surface area contributed by atoms with E-state index in [0.717, 1.165) is 59.3 Å². The highest BCUT2D eigenvalue weighted by Crippen LogP contribution is 2.62. The molecular weight excluding hydrogens is 879 g/mol. The Bertz CT molecular complexity index is 2280. The highest BCUT2D eigenvalue weighted by molar-refractivity contribution is 6.03. The summed E-state index contributed by atoms with van der Waals surface area (Å²) in [6.45, 7) is 7.31. The minimum absolute atomic E-state index is 0.00679. The first kappa shape index (κ1) is 51.2. The second kappa shape index (κ2) is 26.4. The van der Waals surface area contributed by atoms with Crippen LogP contribution in [0.4, 0.5) is 4.79 Å². The number of aryl methyl sites for hydroxylation is 1. The number of ether oxygens (including phenoxy) is 6. The van der Waals surface area contributed by atoms with E-state index in [2.05, 4.69) is 23.7 Å². The van der Waals surface area contributed by atoms with E-state index in [-0.39, 0.29) is 96.8 Å². The Morgan fingerprint density at radius 1 is 0.841 bits per heavy atom. The molecule has 1 aromatic heterocycles.